The van der Waals surface area contributed by atoms with Gasteiger partial charge >= 0.3 is 0 Å². The summed E-state index contributed by atoms with van der Waals surface area (Å²) in [5.41, 5.74) is 1.15. The lowest BCUT2D eigenvalue weighted by Crippen LogP contribution is -2.66. The fourth-order valence-electron chi connectivity index (χ4n) is 8.43. The lowest BCUT2D eigenvalue weighted by molar-refractivity contribution is -0.280. The summed E-state index contributed by atoms with van der Waals surface area (Å²) in [6, 6.07) is 32.0. The third-order valence-electron chi connectivity index (χ3n) is 10.7. The van der Waals surface area contributed by atoms with Gasteiger partial charge in [0.2, 0.25) is 0 Å². The molecule has 3 aliphatic heterocycles. The zero-order valence-electron chi connectivity index (χ0n) is 30.9. The van der Waals surface area contributed by atoms with Crippen LogP contribution in [0.4, 0.5) is 0 Å². The van der Waals surface area contributed by atoms with Crippen LogP contribution in [-0.4, -0.2) is 79.5 Å². The minimum absolute atomic E-state index is 0.00534. The largest absolute Gasteiger partial charge is 0.407 e. The predicted octanol–water partition coefficient (Wildman–Crippen LogP) is 7.80. The van der Waals surface area contributed by atoms with Crippen LogP contribution < -0.4 is 10.4 Å². The fourth-order valence-corrected chi connectivity index (χ4v) is 16.2. The van der Waals surface area contributed by atoms with Gasteiger partial charge in [-0.05, 0) is 45.3 Å². The van der Waals surface area contributed by atoms with Gasteiger partial charge in [0.1, 0.15) is 12.2 Å². The Hall–Kier alpha value is -1.95. The maximum atomic E-state index is 12.4. The number of carbonyl (C=O) groups is 1. The van der Waals surface area contributed by atoms with Crippen molar-refractivity contribution in [2.75, 3.05) is 18.1 Å². The van der Waals surface area contributed by atoms with Crippen LogP contribution in [0.1, 0.15) is 72.3 Å². The molecule has 3 heterocycles. The highest BCUT2D eigenvalue weighted by Crippen LogP contribution is 2.51. The highest BCUT2D eigenvalue weighted by atomic mass is 32.2. The number of carbonyl (C=O) groups excluding carboxylic acids is 1. The number of aldehydes is 1. The molecule has 7 atom stereocenters. The van der Waals surface area contributed by atoms with Gasteiger partial charge in [0, 0.05) is 25.9 Å². The van der Waals surface area contributed by atoms with Crippen molar-refractivity contribution in [2.45, 2.75) is 125 Å². The first kappa shape index (κ1) is 38.8. The van der Waals surface area contributed by atoms with Crippen molar-refractivity contribution in [3.05, 3.63) is 96.6 Å². The molecule has 0 unspecified atom stereocenters. The Bertz CT molecular complexity index is 1460. The second-order valence-electron chi connectivity index (χ2n) is 15.0. The summed E-state index contributed by atoms with van der Waals surface area (Å²) >= 11 is 3.63. The molecule has 3 fully saturated rings. The average molecular weight is 749 g/mol. The number of hydrogen-bond acceptors (Lipinski definition) is 8. The molecule has 0 bridgehead atoms. The van der Waals surface area contributed by atoms with Crippen molar-refractivity contribution in [3.63, 3.8) is 0 Å². The highest BCUT2D eigenvalue weighted by molar-refractivity contribution is 8.18. The van der Waals surface area contributed by atoms with E-state index in [0.29, 0.717) is 19.6 Å². The molecule has 9 heteroatoms. The summed E-state index contributed by atoms with van der Waals surface area (Å²) in [5.74, 6) is 1.83. The van der Waals surface area contributed by atoms with Crippen LogP contribution in [0.5, 0.6) is 0 Å². The number of benzene rings is 3. The van der Waals surface area contributed by atoms with E-state index < -0.39 is 14.4 Å². The van der Waals surface area contributed by atoms with Crippen LogP contribution in [0.15, 0.2) is 91.0 Å². The second-order valence-corrected chi connectivity index (χ2v) is 22.8. The summed E-state index contributed by atoms with van der Waals surface area (Å²) in [7, 11) is -2.62. The van der Waals surface area contributed by atoms with Gasteiger partial charge in [-0.2, -0.15) is 0 Å². The van der Waals surface area contributed by atoms with Crippen LogP contribution in [0.3, 0.4) is 0 Å². The summed E-state index contributed by atoms with van der Waals surface area (Å²) < 4.78 is 34.0. The highest BCUT2D eigenvalue weighted by Gasteiger charge is 2.56. The minimum atomic E-state index is -2.62. The predicted molar refractivity (Wildman–Crippen MR) is 213 cm³/mol. The number of thioether (sulfide) groups is 2. The summed E-state index contributed by atoms with van der Waals surface area (Å²) in [6.45, 7) is 12.4. The molecule has 0 aromatic heterocycles. The van der Waals surface area contributed by atoms with E-state index in [1.165, 1.54) is 10.4 Å². The first-order chi connectivity index (χ1) is 24.7. The van der Waals surface area contributed by atoms with Gasteiger partial charge in [-0.3, -0.25) is 0 Å². The Labute approximate surface area is 315 Å². The van der Waals surface area contributed by atoms with Crippen molar-refractivity contribution >= 4 is 48.5 Å². The van der Waals surface area contributed by atoms with Gasteiger partial charge in [-0.1, -0.05) is 126 Å². The van der Waals surface area contributed by atoms with Gasteiger partial charge in [0.05, 0.1) is 41.2 Å². The van der Waals surface area contributed by atoms with E-state index >= 15 is 0 Å². The van der Waals surface area contributed by atoms with Crippen molar-refractivity contribution < 1.29 is 28.2 Å². The van der Waals surface area contributed by atoms with Crippen LogP contribution in [0.2, 0.25) is 5.04 Å². The first-order valence-corrected chi connectivity index (χ1v) is 22.7. The fraction of sp³-hybridized carbons (Fsp3) is 0.548. The molecule has 0 amide bonds. The third-order valence-corrected chi connectivity index (χ3v) is 18.8. The van der Waals surface area contributed by atoms with Gasteiger partial charge in [0.25, 0.3) is 8.32 Å². The zero-order chi connectivity index (χ0) is 35.9. The monoisotopic (exact) mass is 748 g/mol. The van der Waals surface area contributed by atoms with Crippen molar-refractivity contribution in [1.82, 2.24) is 0 Å². The molecule has 0 N–H and O–H groups in total. The average Bonchev–Trinajstić information content (AvgIpc) is 3.14. The summed E-state index contributed by atoms with van der Waals surface area (Å²) in [5, 5.41) is 2.52. The van der Waals surface area contributed by atoms with Crippen molar-refractivity contribution in [1.29, 1.82) is 0 Å². The molecule has 3 saturated heterocycles. The summed E-state index contributed by atoms with van der Waals surface area (Å²) in [6.07, 6.45) is 3.76. The first-order valence-electron chi connectivity index (χ1n) is 18.8. The molecule has 6 rings (SSSR count). The summed E-state index contributed by atoms with van der Waals surface area (Å²) in [4.78, 5) is 12.4. The quantitative estimate of drug-likeness (QED) is 0.0676. The third kappa shape index (κ3) is 8.57. The van der Waals surface area contributed by atoms with E-state index in [1.807, 2.05) is 29.6 Å². The Morgan fingerprint density at radius 2 is 1.41 bits per heavy atom. The van der Waals surface area contributed by atoms with Gasteiger partial charge in [0.15, 0.2) is 6.29 Å². The van der Waals surface area contributed by atoms with Crippen LogP contribution >= 0.6 is 23.5 Å². The molecule has 3 aliphatic rings. The molecule has 0 radical (unpaired) electrons. The van der Waals surface area contributed by atoms with E-state index in [0.717, 1.165) is 49.0 Å². The maximum absolute atomic E-state index is 12.4. The maximum Gasteiger partial charge on any atom is 0.261 e. The second kappa shape index (κ2) is 17.5. The van der Waals surface area contributed by atoms with E-state index in [9.17, 15) is 4.79 Å². The Balaban J connectivity index is 1.18. The van der Waals surface area contributed by atoms with Crippen molar-refractivity contribution in [2.24, 2.45) is 0 Å². The standard InChI is InChI=1S/C42H56O6S2Si/c1-6-49-42(50-7-2)28-38-35(47-39(42)29-43)27-37-40(48-38)36(44-30-31-18-11-8-12-19-31)26-32(46-37)20-17-25-45-51(41(3,4)5,33-21-13-9-14-22-33)34-23-15-10-16-24-34/h8-16,18-19,21-24,29,32,35-40H,6-7,17,20,25-28,30H2,1-5H3/t32-,35+,36+,37-,38-,39-,40+/m1/s1. The molecule has 3 aromatic carbocycles. The molecule has 276 valence electrons. The molecule has 6 nitrogen and oxygen atoms in total. The van der Waals surface area contributed by atoms with Gasteiger partial charge in [-0.25, -0.2) is 0 Å². The Morgan fingerprint density at radius 3 is 1.98 bits per heavy atom. The van der Waals surface area contributed by atoms with Gasteiger partial charge < -0.3 is 28.2 Å². The topological polar surface area (TPSA) is 63.2 Å². The molecule has 0 saturated carbocycles. The SMILES string of the molecule is CCSC1(SCC)C[C@H]2O[C@H]3[C@@H](OCc4ccccc4)C[C@@H](CCCO[Si](c4ccccc4)(c4ccccc4)C(C)(C)C)O[C@@H]3C[C@@H]2O[C@@H]1C=O. The molecule has 0 spiro atoms. The molecule has 0 aliphatic carbocycles. The lowest BCUT2D eigenvalue weighted by atomic mass is 9.86. The lowest BCUT2D eigenvalue weighted by Gasteiger charge is -2.54. The Morgan fingerprint density at radius 1 is 0.804 bits per heavy atom. The zero-order valence-corrected chi connectivity index (χ0v) is 33.5. The number of hydrogen-bond donors (Lipinski definition) is 0. The molecular weight excluding hydrogens is 693 g/mol. The number of rotatable bonds is 15. The van der Waals surface area contributed by atoms with Crippen LogP contribution in [-0.2, 0) is 34.8 Å². The van der Waals surface area contributed by atoms with Crippen molar-refractivity contribution in [3.8, 4) is 0 Å². The molecule has 51 heavy (non-hydrogen) atoms. The minimum Gasteiger partial charge on any atom is -0.407 e. The van der Waals surface area contributed by atoms with Crippen LogP contribution in [0.25, 0.3) is 0 Å². The molecule has 3 aromatic rings. The normalized spacial score (nSPS) is 27.7. The smallest absolute Gasteiger partial charge is 0.261 e. The number of fused-ring (bicyclic) bond motifs is 2. The molecular formula is C42H56O6S2Si. The van der Waals surface area contributed by atoms with E-state index in [2.05, 4.69) is 120 Å². The van der Waals surface area contributed by atoms with Crippen LogP contribution in [0, 0.1) is 0 Å². The number of ether oxygens (including phenoxy) is 4. The van der Waals surface area contributed by atoms with E-state index in [4.69, 9.17) is 23.4 Å². The van der Waals surface area contributed by atoms with E-state index in [-0.39, 0.29) is 45.7 Å². The Kier molecular flexibility index (Phi) is 13.3. The van der Waals surface area contributed by atoms with Gasteiger partial charge in [-0.15, -0.1) is 23.5 Å². The van der Waals surface area contributed by atoms with E-state index in [1.54, 1.807) is 0 Å².